The summed E-state index contributed by atoms with van der Waals surface area (Å²) in [5.74, 6) is -0.395. The van der Waals surface area contributed by atoms with Gasteiger partial charge in [0.25, 0.3) is 0 Å². The van der Waals surface area contributed by atoms with Gasteiger partial charge >= 0.3 is 5.97 Å². The van der Waals surface area contributed by atoms with E-state index in [0.717, 1.165) is 0 Å². The third-order valence-corrected chi connectivity index (χ3v) is 2.77. The summed E-state index contributed by atoms with van der Waals surface area (Å²) in [4.78, 5) is 24.9. The van der Waals surface area contributed by atoms with E-state index in [1.165, 1.54) is 7.11 Å². The van der Waals surface area contributed by atoms with Gasteiger partial charge in [0.1, 0.15) is 0 Å². The van der Waals surface area contributed by atoms with E-state index in [4.69, 9.17) is 9.47 Å². The molecule has 0 aromatic heterocycles. The standard InChI is InChI=1S/C12H21NO5/c1-3-17-7-4-5-11(14)13-6-8-18-10(9-13)12(15)16-2/h10H,3-9H2,1-2H3. The van der Waals surface area contributed by atoms with Gasteiger partial charge in [0, 0.05) is 26.2 Å². The van der Waals surface area contributed by atoms with Crippen LogP contribution in [0.3, 0.4) is 0 Å². The van der Waals surface area contributed by atoms with Crippen LogP contribution >= 0.6 is 0 Å². The summed E-state index contributed by atoms with van der Waals surface area (Å²) >= 11 is 0. The van der Waals surface area contributed by atoms with Crippen LogP contribution < -0.4 is 0 Å². The number of rotatable bonds is 6. The van der Waals surface area contributed by atoms with Crippen LogP contribution in [0.5, 0.6) is 0 Å². The van der Waals surface area contributed by atoms with E-state index in [2.05, 4.69) is 4.74 Å². The first kappa shape index (κ1) is 14.9. The number of carbonyl (C=O) groups excluding carboxylic acids is 2. The van der Waals surface area contributed by atoms with E-state index < -0.39 is 12.1 Å². The van der Waals surface area contributed by atoms with Crippen molar-refractivity contribution >= 4 is 11.9 Å². The second-order valence-corrected chi connectivity index (χ2v) is 4.02. The van der Waals surface area contributed by atoms with Crippen molar-refractivity contribution in [3.63, 3.8) is 0 Å². The Morgan fingerprint density at radius 1 is 1.44 bits per heavy atom. The number of morpholine rings is 1. The highest BCUT2D eigenvalue weighted by atomic mass is 16.6. The zero-order chi connectivity index (χ0) is 13.4. The lowest BCUT2D eigenvalue weighted by molar-refractivity contribution is -0.162. The highest BCUT2D eigenvalue weighted by Gasteiger charge is 2.29. The van der Waals surface area contributed by atoms with Crippen LogP contribution in [0.4, 0.5) is 0 Å². The molecule has 1 heterocycles. The summed E-state index contributed by atoms with van der Waals surface area (Å²) in [6.07, 6.45) is 0.487. The molecule has 6 heteroatoms. The fourth-order valence-corrected chi connectivity index (χ4v) is 1.78. The second kappa shape index (κ2) is 8.05. The molecular formula is C12H21NO5. The lowest BCUT2D eigenvalue weighted by Crippen LogP contribution is -2.48. The van der Waals surface area contributed by atoms with Crippen molar-refractivity contribution in [3.05, 3.63) is 0 Å². The highest BCUT2D eigenvalue weighted by molar-refractivity contribution is 5.79. The average molecular weight is 259 g/mol. The van der Waals surface area contributed by atoms with Crippen LogP contribution in [0.25, 0.3) is 0 Å². The Morgan fingerprint density at radius 3 is 2.89 bits per heavy atom. The molecule has 0 bridgehead atoms. The Balaban J connectivity index is 2.31. The molecule has 1 atom stereocenters. The molecule has 1 rings (SSSR count). The monoisotopic (exact) mass is 259 g/mol. The van der Waals surface area contributed by atoms with Crippen molar-refractivity contribution in [3.8, 4) is 0 Å². The molecule has 1 aliphatic rings. The van der Waals surface area contributed by atoms with Gasteiger partial charge in [0.15, 0.2) is 6.10 Å². The van der Waals surface area contributed by atoms with Crippen molar-refractivity contribution in [2.24, 2.45) is 0 Å². The molecule has 0 aromatic rings. The first-order chi connectivity index (χ1) is 8.69. The first-order valence-corrected chi connectivity index (χ1v) is 6.24. The lowest BCUT2D eigenvalue weighted by Gasteiger charge is -2.31. The summed E-state index contributed by atoms with van der Waals surface area (Å²) < 4.78 is 15.0. The SMILES string of the molecule is CCOCCCC(=O)N1CCOC(C(=O)OC)C1. The summed E-state index contributed by atoms with van der Waals surface area (Å²) in [6, 6.07) is 0. The van der Waals surface area contributed by atoms with E-state index in [1.807, 2.05) is 6.92 Å². The van der Waals surface area contributed by atoms with Crippen LogP contribution in [-0.4, -0.2) is 62.9 Å². The van der Waals surface area contributed by atoms with Gasteiger partial charge in [0.2, 0.25) is 5.91 Å². The van der Waals surface area contributed by atoms with E-state index >= 15 is 0 Å². The van der Waals surface area contributed by atoms with E-state index in [9.17, 15) is 9.59 Å². The van der Waals surface area contributed by atoms with Crippen molar-refractivity contribution in [1.82, 2.24) is 4.90 Å². The Labute approximate surface area is 107 Å². The number of esters is 1. The van der Waals surface area contributed by atoms with Crippen LogP contribution in [0.2, 0.25) is 0 Å². The van der Waals surface area contributed by atoms with Gasteiger partial charge < -0.3 is 19.1 Å². The summed E-state index contributed by atoms with van der Waals surface area (Å²) in [7, 11) is 1.31. The minimum absolute atomic E-state index is 0.0342. The van der Waals surface area contributed by atoms with Gasteiger partial charge in [-0.1, -0.05) is 0 Å². The van der Waals surface area contributed by atoms with Crippen molar-refractivity contribution in [2.75, 3.05) is 40.0 Å². The van der Waals surface area contributed by atoms with Crippen LogP contribution in [-0.2, 0) is 23.8 Å². The summed E-state index contributed by atoms with van der Waals surface area (Å²) in [6.45, 7) is 4.35. The molecule has 0 aliphatic carbocycles. The molecule has 1 aliphatic heterocycles. The Hall–Kier alpha value is -1.14. The van der Waals surface area contributed by atoms with Gasteiger partial charge in [0.05, 0.1) is 20.3 Å². The number of hydrogen-bond acceptors (Lipinski definition) is 5. The molecule has 104 valence electrons. The maximum absolute atomic E-state index is 11.9. The molecule has 0 radical (unpaired) electrons. The van der Waals surface area contributed by atoms with Crippen LogP contribution in [0.15, 0.2) is 0 Å². The minimum atomic E-state index is -0.653. The van der Waals surface area contributed by atoms with Crippen molar-refractivity contribution < 1.29 is 23.8 Å². The third kappa shape index (κ3) is 4.62. The van der Waals surface area contributed by atoms with Crippen LogP contribution in [0.1, 0.15) is 19.8 Å². The van der Waals surface area contributed by atoms with E-state index in [0.29, 0.717) is 39.2 Å². The Kier molecular flexibility index (Phi) is 6.67. The predicted octanol–water partition coefficient (Wildman–Crippen LogP) is 0.204. The molecule has 1 amide bonds. The Bertz CT molecular complexity index is 282. The van der Waals surface area contributed by atoms with Crippen molar-refractivity contribution in [2.45, 2.75) is 25.9 Å². The van der Waals surface area contributed by atoms with Crippen molar-refractivity contribution in [1.29, 1.82) is 0 Å². The zero-order valence-corrected chi connectivity index (χ0v) is 11.0. The topological polar surface area (TPSA) is 65.1 Å². The molecule has 0 N–H and O–H groups in total. The fraction of sp³-hybridized carbons (Fsp3) is 0.833. The summed E-state index contributed by atoms with van der Waals surface area (Å²) in [5, 5.41) is 0. The minimum Gasteiger partial charge on any atom is -0.467 e. The van der Waals surface area contributed by atoms with E-state index in [1.54, 1.807) is 4.90 Å². The quantitative estimate of drug-likeness (QED) is 0.504. The lowest BCUT2D eigenvalue weighted by atomic mass is 10.2. The maximum Gasteiger partial charge on any atom is 0.336 e. The number of carbonyl (C=O) groups is 2. The predicted molar refractivity (Wildman–Crippen MR) is 64.1 cm³/mol. The number of ether oxygens (including phenoxy) is 3. The second-order valence-electron chi connectivity index (χ2n) is 4.02. The molecule has 0 spiro atoms. The smallest absolute Gasteiger partial charge is 0.336 e. The Morgan fingerprint density at radius 2 is 2.22 bits per heavy atom. The molecule has 0 aromatic carbocycles. The maximum atomic E-state index is 11.9. The zero-order valence-electron chi connectivity index (χ0n) is 11.0. The molecule has 1 unspecified atom stereocenters. The molecular weight excluding hydrogens is 238 g/mol. The molecule has 6 nitrogen and oxygen atoms in total. The fourth-order valence-electron chi connectivity index (χ4n) is 1.78. The largest absolute Gasteiger partial charge is 0.467 e. The van der Waals surface area contributed by atoms with Gasteiger partial charge in [-0.15, -0.1) is 0 Å². The van der Waals surface area contributed by atoms with Gasteiger partial charge in [-0.2, -0.15) is 0 Å². The molecule has 1 saturated heterocycles. The van der Waals surface area contributed by atoms with Gasteiger partial charge in [-0.25, -0.2) is 4.79 Å². The number of methoxy groups -OCH3 is 1. The molecule has 0 saturated carbocycles. The summed E-state index contributed by atoms with van der Waals surface area (Å²) in [5.41, 5.74) is 0. The highest BCUT2D eigenvalue weighted by Crippen LogP contribution is 2.09. The average Bonchev–Trinajstić information content (AvgIpc) is 2.42. The first-order valence-electron chi connectivity index (χ1n) is 6.24. The van der Waals surface area contributed by atoms with Crippen LogP contribution in [0, 0.1) is 0 Å². The number of amides is 1. The number of hydrogen-bond donors (Lipinski definition) is 0. The van der Waals surface area contributed by atoms with Gasteiger partial charge in [-0.3, -0.25) is 4.79 Å². The third-order valence-electron chi connectivity index (χ3n) is 2.77. The van der Waals surface area contributed by atoms with Gasteiger partial charge in [-0.05, 0) is 13.3 Å². The molecule has 1 fully saturated rings. The normalized spacial score (nSPS) is 19.7. The molecule has 18 heavy (non-hydrogen) atoms. The van der Waals surface area contributed by atoms with E-state index in [-0.39, 0.29) is 12.5 Å². The number of nitrogens with zero attached hydrogens (tertiary/aromatic N) is 1.